The van der Waals surface area contributed by atoms with E-state index < -0.39 is 0 Å². The normalized spacial score (nSPS) is 14.2. The third-order valence-corrected chi connectivity index (χ3v) is 6.87. The molecule has 0 saturated carbocycles. The molecule has 0 aliphatic carbocycles. The number of hydrogen-bond donors (Lipinski definition) is 2. The second kappa shape index (κ2) is 11.0. The Bertz CT molecular complexity index is 1420. The monoisotopic (exact) mass is 519 g/mol. The molecule has 38 heavy (non-hydrogen) atoms. The van der Waals surface area contributed by atoms with E-state index in [1.807, 2.05) is 31.0 Å². The van der Waals surface area contributed by atoms with Crippen LogP contribution in [0.2, 0.25) is 0 Å². The molecule has 0 bridgehead atoms. The topological polar surface area (TPSA) is 150 Å². The highest BCUT2D eigenvalue weighted by Crippen LogP contribution is 2.32. The van der Waals surface area contributed by atoms with Gasteiger partial charge in [-0.2, -0.15) is 10.1 Å². The van der Waals surface area contributed by atoms with Crippen molar-refractivity contribution >= 4 is 28.7 Å². The molecule has 1 aliphatic heterocycles. The van der Waals surface area contributed by atoms with Crippen LogP contribution in [0.3, 0.4) is 0 Å². The second-order valence-electron chi connectivity index (χ2n) is 9.57. The summed E-state index contributed by atoms with van der Waals surface area (Å²) in [4.78, 5) is 27.7. The number of nitrogens with zero attached hydrogens (tertiary/aromatic N) is 7. The molecule has 0 atom stereocenters. The Morgan fingerprint density at radius 2 is 2.05 bits per heavy atom. The average Bonchev–Trinajstić information content (AvgIpc) is 3.53. The average molecular weight is 520 g/mol. The zero-order chi connectivity index (χ0) is 26.6. The molecule has 12 nitrogen and oxygen atoms in total. The summed E-state index contributed by atoms with van der Waals surface area (Å²) in [5.41, 5.74) is 9.89. The minimum atomic E-state index is 0.151. The molecule has 4 aromatic heterocycles. The number of rotatable bonds is 9. The number of ether oxygens (including phenoxy) is 1. The lowest BCUT2D eigenvalue weighted by molar-refractivity contribution is -0.132. The quantitative estimate of drug-likeness (QED) is 0.337. The highest BCUT2D eigenvalue weighted by atomic mass is 16.5. The molecule has 0 aromatic carbocycles. The number of anilines is 2. The number of likely N-dealkylation sites (tertiary alicyclic amines) is 1. The lowest BCUT2D eigenvalue weighted by Gasteiger charge is -2.32. The highest BCUT2D eigenvalue weighted by Gasteiger charge is 2.25. The Labute approximate surface area is 220 Å². The van der Waals surface area contributed by atoms with Gasteiger partial charge in [0.05, 0.1) is 26.4 Å². The number of pyridine rings is 1. The number of fused-ring (bicyclic) bond motifs is 1. The Balaban J connectivity index is 1.34. The lowest BCUT2D eigenvalue weighted by atomic mass is 9.90. The fraction of sp³-hybridized carbons (Fsp3) is 0.462. The van der Waals surface area contributed by atoms with Crippen molar-refractivity contribution in [2.75, 3.05) is 31.2 Å². The van der Waals surface area contributed by atoms with E-state index in [9.17, 15) is 4.79 Å². The molecule has 0 spiro atoms. The zero-order valence-electron chi connectivity index (χ0n) is 22.0. The van der Waals surface area contributed by atoms with Crippen LogP contribution < -0.4 is 15.8 Å². The molecule has 5 rings (SSSR count). The molecule has 3 N–H and O–H groups in total. The third-order valence-electron chi connectivity index (χ3n) is 6.87. The van der Waals surface area contributed by atoms with Gasteiger partial charge < -0.3 is 25.2 Å². The number of carbonyl (C=O) groups is 1. The number of hydrogen-bond acceptors (Lipinski definition) is 10. The van der Waals surface area contributed by atoms with Crippen LogP contribution in [-0.2, 0) is 17.9 Å². The molecular weight excluding hydrogens is 486 g/mol. The molecule has 12 heteroatoms. The van der Waals surface area contributed by atoms with Crippen molar-refractivity contribution in [2.45, 2.75) is 58.5 Å². The van der Waals surface area contributed by atoms with Crippen LogP contribution in [0.1, 0.15) is 61.2 Å². The number of nitrogens with two attached hydrogens (primary N) is 1. The van der Waals surface area contributed by atoms with Gasteiger partial charge in [0, 0.05) is 31.8 Å². The summed E-state index contributed by atoms with van der Waals surface area (Å²) in [5, 5.41) is 11.8. The Morgan fingerprint density at radius 1 is 1.24 bits per heavy atom. The van der Waals surface area contributed by atoms with Gasteiger partial charge >= 0.3 is 0 Å². The van der Waals surface area contributed by atoms with E-state index >= 15 is 0 Å². The van der Waals surface area contributed by atoms with Crippen molar-refractivity contribution in [3.63, 3.8) is 0 Å². The van der Waals surface area contributed by atoms with Crippen molar-refractivity contribution in [3.8, 4) is 5.75 Å². The SMILES string of the molecule is CCCC(=O)N1CCC(c2cnc(Cn3ncc4nc(N)nc(NCc5cc(C)on5)c43)c(OC)c2)CC1. The van der Waals surface area contributed by atoms with Crippen LogP contribution in [0.4, 0.5) is 11.8 Å². The maximum absolute atomic E-state index is 12.2. The molecular formula is C26H33N9O3. The van der Waals surface area contributed by atoms with E-state index in [1.54, 1.807) is 18.0 Å². The molecule has 1 aliphatic rings. The summed E-state index contributed by atoms with van der Waals surface area (Å²) in [6.45, 7) is 6.21. The van der Waals surface area contributed by atoms with Crippen LogP contribution in [0, 0.1) is 6.92 Å². The van der Waals surface area contributed by atoms with Crippen LogP contribution in [-0.4, -0.2) is 60.9 Å². The second-order valence-corrected chi connectivity index (χ2v) is 9.57. The van der Waals surface area contributed by atoms with Gasteiger partial charge in [0.1, 0.15) is 33.9 Å². The van der Waals surface area contributed by atoms with E-state index in [4.69, 9.17) is 20.0 Å². The van der Waals surface area contributed by atoms with Crippen LogP contribution in [0.15, 0.2) is 29.0 Å². The van der Waals surface area contributed by atoms with Gasteiger partial charge in [-0.25, -0.2) is 4.98 Å². The van der Waals surface area contributed by atoms with Gasteiger partial charge in [-0.05, 0) is 43.7 Å². The number of methoxy groups -OCH3 is 1. The van der Waals surface area contributed by atoms with Crippen LogP contribution in [0.25, 0.3) is 11.0 Å². The fourth-order valence-electron chi connectivity index (χ4n) is 4.92. The molecule has 1 saturated heterocycles. The largest absolute Gasteiger partial charge is 0.495 e. The first-order chi connectivity index (χ1) is 18.4. The first-order valence-corrected chi connectivity index (χ1v) is 12.9. The first kappa shape index (κ1) is 25.4. The van der Waals surface area contributed by atoms with Gasteiger partial charge in [-0.15, -0.1) is 0 Å². The predicted molar refractivity (Wildman–Crippen MR) is 142 cm³/mol. The molecule has 0 radical (unpaired) electrons. The Morgan fingerprint density at radius 3 is 2.76 bits per heavy atom. The van der Waals surface area contributed by atoms with Gasteiger partial charge in [0.15, 0.2) is 5.82 Å². The minimum Gasteiger partial charge on any atom is -0.495 e. The summed E-state index contributed by atoms with van der Waals surface area (Å²) in [5.74, 6) is 2.72. The maximum atomic E-state index is 12.2. The third kappa shape index (κ3) is 5.38. The van der Waals surface area contributed by atoms with Gasteiger partial charge in [0.25, 0.3) is 0 Å². The van der Waals surface area contributed by atoms with Gasteiger partial charge in [-0.1, -0.05) is 12.1 Å². The Kier molecular flexibility index (Phi) is 7.38. The smallest absolute Gasteiger partial charge is 0.222 e. The van der Waals surface area contributed by atoms with Gasteiger partial charge in [0.2, 0.25) is 11.9 Å². The fourth-order valence-corrected chi connectivity index (χ4v) is 4.92. The minimum absolute atomic E-state index is 0.151. The summed E-state index contributed by atoms with van der Waals surface area (Å²) in [7, 11) is 1.65. The first-order valence-electron chi connectivity index (χ1n) is 12.9. The van der Waals surface area contributed by atoms with E-state index in [1.165, 1.54) is 0 Å². The van der Waals surface area contributed by atoms with Gasteiger partial charge in [-0.3, -0.25) is 14.5 Å². The summed E-state index contributed by atoms with van der Waals surface area (Å²) >= 11 is 0. The van der Waals surface area contributed by atoms with Crippen molar-refractivity contribution in [3.05, 3.63) is 47.2 Å². The van der Waals surface area contributed by atoms with E-state index in [0.29, 0.717) is 48.0 Å². The standard InChI is InChI=1S/C26H33N9O3/c1-4-5-23(36)34-8-6-17(7-9-34)18-11-22(37-3)21(28-12-18)15-35-24-20(14-30-35)31-26(27)32-25(24)29-13-19-10-16(2)38-33-19/h10-12,14,17H,4-9,13,15H2,1-3H3,(H3,27,29,31,32). The summed E-state index contributed by atoms with van der Waals surface area (Å²) in [6.07, 6.45) is 6.91. The number of aryl methyl sites for hydroxylation is 1. The number of carbonyl (C=O) groups excluding carboxylic acids is 1. The lowest BCUT2D eigenvalue weighted by Crippen LogP contribution is -2.37. The van der Waals surface area contributed by atoms with Crippen molar-refractivity contribution in [2.24, 2.45) is 0 Å². The molecule has 1 amide bonds. The van der Waals surface area contributed by atoms with E-state index in [2.05, 4.69) is 31.6 Å². The number of nitrogens with one attached hydrogen (secondary N) is 1. The van der Waals surface area contributed by atoms with E-state index in [0.717, 1.165) is 55.1 Å². The van der Waals surface area contributed by atoms with Crippen LogP contribution >= 0.6 is 0 Å². The molecule has 5 heterocycles. The molecule has 1 fully saturated rings. The Hall–Kier alpha value is -4.22. The van der Waals surface area contributed by atoms with Crippen molar-refractivity contribution in [1.82, 2.24) is 34.8 Å². The maximum Gasteiger partial charge on any atom is 0.222 e. The highest BCUT2D eigenvalue weighted by molar-refractivity contribution is 5.86. The zero-order valence-corrected chi connectivity index (χ0v) is 22.0. The molecule has 0 unspecified atom stereocenters. The molecule has 200 valence electrons. The summed E-state index contributed by atoms with van der Waals surface area (Å²) in [6, 6.07) is 3.91. The van der Waals surface area contributed by atoms with Crippen LogP contribution in [0.5, 0.6) is 5.75 Å². The van der Waals surface area contributed by atoms with Crippen molar-refractivity contribution < 1.29 is 14.1 Å². The number of piperidine rings is 1. The van der Waals surface area contributed by atoms with Crippen molar-refractivity contribution in [1.29, 1.82) is 0 Å². The number of nitrogen functional groups attached to an aromatic ring is 1. The number of amides is 1. The molecule has 4 aromatic rings. The predicted octanol–water partition coefficient (Wildman–Crippen LogP) is 3.28. The van der Waals surface area contributed by atoms with E-state index in [-0.39, 0.29) is 11.9 Å². The summed E-state index contributed by atoms with van der Waals surface area (Å²) < 4.78 is 12.7. The number of aromatic nitrogens is 6.